The fourth-order valence-electron chi connectivity index (χ4n) is 2.90. The van der Waals surface area contributed by atoms with Gasteiger partial charge in [0.05, 0.1) is 5.69 Å². The van der Waals surface area contributed by atoms with E-state index < -0.39 is 0 Å². The molecule has 0 bridgehead atoms. The highest BCUT2D eigenvalue weighted by Crippen LogP contribution is 2.28. The van der Waals surface area contributed by atoms with E-state index in [2.05, 4.69) is 10.3 Å². The molecule has 1 aromatic carbocycles. The van der Waals surface area contributed by atoms with Crippen molar-refractivity contribution >= 4 is 22.4 Å². The Kier molecular flexibility index (Phi) is 4.65. The highest BCUT2D eigenvalue weighted by atomic mass is 32.1. The molecule has 21 heavy (non-hydrogen) atoms. The molecule has 1 N–H and O–H groups in total. The minimum atomic E-state index is 0.107. The minimum absolute atomic E-state index is 0.107. The first kappa shape index (κ1) is 14.3. The SMILES string of the molecule is O=C(CC1CCCCC1)Nc1nc(-c2ccccc2)cs1. The van der Waals surface area contributed by atoms with Gasteiger partial charge in [0.15, 0.2) is 5.13 Å². The zero-order chi connectivity index (χ0) is 14.5. The van der Waals surface area contributed by atoms with Crippen molar-refractivity contribution in [1.29, 1.82) is 0 Å². The Bertz CT molecular complexity index is 588. The van der Waals surface area contributed by atoms with Gasteiger partial charge in [0.2, 0.25) is 5.91 Å². The van der Waals surface area contributed by atoms with Gasteiger partial charge in [-0.05, 0) is 18.8 Å². The van der Waals surface area contributed by atoms with E-state index in [1.54, 1.807) is 0 Å². The summed E-state index contributed by atoms with van der Waals surface area (Å²) in [4.78, 5) is 16.6. The first-order valence-electron chi connectivity index (χ1n) is 7.62. The molecule has 1 heterocycles. The van der Waals surface area contributed by atoms with Gasteiger partial charge in [0.25, 0.3) is 0 Å². The van der Waals surface area contributed by atoms with Crippen molar-refractivity contribution in [2.75, 3.05) is 5.32 Å². The lowest BCUT2D eigenvalue weighted by Crippen LogP contribution is -2.18. The number of carbonyl (C=O) groups excluding carboxylic acids is 1. The fourth-order valence-corrected chi connectivity index (χ4v) is 3.63. The molecule has 1 aliphatic carbocycles. The van der Waals surface area contributed by atoms with Gasteiger partial charge in [-0.2, -0.15) is 0 Å². The number of amides is 1. The average Bonchev–Trinajstić information content (AvgIpc) is 2.97. The van der Waals surface area contributed by atoms with Crippen molar-refractivity contribution in [2.24, 2.45) is 5.92 Å². The number of nitrogens with one attached hydrogen (secondary N) is 1. The molecule has 1 aromatic heterocycles. The lowest BCUT2D eigenvalue weighted by atomic mass is 9.87. The molecular formula is C17H20N2OS. The number of benzene rings is 1. The third-order valence-electron chi connectivity index (χ3n) is 4.02. The van der Waals surface area contributed by atoms with Gasteiger partial charge in [-0.15, -0.1) is 11.3 Å². The normalized spacial score (nSPS) is 15.8. The van der Waals surface area contributed by atoms with E-state index in [1.165, 1.54) is 43.4 Å². The summed E-state index contributed by atoms with van der Waals surface area (Å²) in [6.45, 7) is 0. The molecule has 1 aliphatic rings. The van der Waals surface area contributed by atoms with Crippen molar-refractivity contribution < 1.29 is 4.79 Å². The van der Waals surface area contributed by atoms with Crippen molar-refractivity contribution in [3.05, 3.63) is 35.7 Å². The zero-order valence-corrected chi connectivity index (χ0v) is 12.9. The number of hydrogen-bond acceptors (Lipinski definition) is 3. The Morgan fingerprint density at radius 3 is 2.71 bits per heavy atom. The maximum atomic E-state index is 12.1. The molecule has 0 saturated heterocycles. The van der Waals surface area contributed by atoms with Gasteiger partial charge in [0, 0.05) is 17.4 Å². The van der Waals surface area contributed by atoms with Crippen molar-refractivity contribution in [2.45, 2.75) is 38.5 Å². The van der Waals surface area contributed by atoms with Crippen LogP contribution in [0.15, 0.2) is 35.7 Å². The third-order valence-corrected chi connectivity index (χ3v) is 4.78. The summed E-state index contributed by atoms with van der Waals surface area (Å²) in [7, 11) is 0. The van der Waals surface area contributed by atoms with E-state index in [-0.39, 0.29) is 5.91 Å². The first-order valence-corrected chi connectivity index (χ1v) is 8.50. The van der Waals surface area contributed by atoms with Crippen molar-refractivity contribution in [3.63, 3.8) is 0 Å². The van der Waals surface area contributed by atoms with Crippen LogP contribution in [0.4, 0.5) is 5.13 Å². The first-order chi connectivity index (χ1) is 10.3. The lowest BCUT2D eigenvalue weighted by Gasteiger charge is -2.20. The number of rotatable bonds is 4. The Labute approximate surface area is 129 Å². The summed E-state index contributed by atoms with van der Waals surface area (Å²) in [6.07, 6.45) is 6.90. The maximum absolute atomic E-state index is 12.1. The van der Waals surface area contributed by atoms with Crippen LogP contribution in [0.5, 0.6) is 0 Å². The average molecular weight is 300 g/mol. The monoisotopic (exact) mass is 300 g/mol. The summed E-state index contributed by atoms with van der Waals surface area (Å²) in [5.41, 5.74) is 2.01. The van der Waals surface area contributed by atoms with Gasteiger partial charge in [-0.1, -0.05) is 49.6 Å². The standard InChI is InChI=1S/C17H20N2OS/c20-16(11-13-7-3-1-4-8-13)19-17-18-15(12-21-17)14-9-5-2-6-10-14/h2,5-6,9-10,12-13H,1,3-4,7-8,11H2,(H,18,19,20). The van der Waals surface area contributed by atoms with E-state index in [0.717, 1.165) is 11.3 Å². The highest BCUT2D eigenvalue weighted by Gasteiger charge is 2.17. The van der Waals surface area contributed by atoms with Gasteiger partial charge in [-0.3, -0.25) is 4.79 Å². The van der Waals surface area contributed by atoms with E-state index in [4.69, 9.17) is 0 Å². The van der Waals surface area contributed by atoms with Crippen LogP contribution in [0.3, 0.4) is 0 Å². The second kappa shape index (κ2) is 6.85. The smallest absolute Gasteiger partial charge is 0.226 e. The molecule has 0 unspecified atom stereocenters. The maximum Gasteiger partial charge on any atom is 0.226 e. The number of thiazole rings is 1. The Morgan fingerprint density at radius 1 is 1.19 bits per heavy atom. The molecule has 1 fully saturated rings. The Hall–Kier alpha value is -1.68. The van der Waals surface area contributed by atoms with Crippen LogP contribution < -0.4 is 5.32 Å². The van der Waals surface area contributed by atoms with E-state index in [1.807, 2.05) is 35.7 Å². The predicted molar refractivity (Wildman–Crippen MR) is 87.4 cm³/mol. The highest BCUT2D eigenvalue weighted by molar-refractivity contribution is 7.14. The fraction of sp³-hybridized carbons (Fsp3) is 0.412. The van der Waals surface area contributed by atoms with Crippen LogP contribution in [-0.4, -0.2) is 10.9 Å². The van der Waals surface area contributed by atoms with Crippen LogP contribution in [0.1, 0.15) is 38.5 Å². The molecule has 0 radical (unpaired) electrons. The molecule has 1 amide bonds. The van der Waals surface area contributed by atoms with Gasteiger partial charge in [-0.25, -0.2) is 4.98 Å². The van der Waals surface area contributed by atoms with Crippen LogP contribution >= 0.6 is 11.3 Å². The summed E-state index contributed by atoms with van der Waals surface area (Å²) >= 11 is 1.49. The number of carbonyl (C=O) groups is 1. The third kappa shape index (κ3) is 3.91. The van der Waals surface area contributed by atoms with E-state index >= 15 is 0 Å². The molecule has 3 rings (SSSR count). The van der Waals surface area contributed by atoms with Crippen molar-refractivity contribution in [3.8, 4) is 11.3 Å². The van der Waals surface area contributed by atoms with E-state index in [9.17, 15) is 4.79 Å². The molecule has 3 nitrogen and oxygen atoms in total. The molecule has 0 aliphatic heterocycles. The van der Waals surface area contributed by atoms with Gasteiger partial charge < -0.3 is 5.32 Å². The Morgan fingerprint density at radius 2 is 1.95 bits per heavy atom. The minimum Gasteiger partial charge on any atom is -0.302 e. The van der Waals surface area contributed by atoms with Gasteiger partial charge in [0.1, 0.15) is 0 Å². The van der Waals surface area contributed by atoms with Crippen molar-refractivity contribution in [1.82, 2.24) is 4.98 Å². The summed E-state index contributed by atoms with van der Waals surface area (Å²) in [5.74, 6) is 0.670. The Balaban J connectivity index is 1.58. The largest absolute Gasteiger partial charge is 0.302 e. The summed E-state index contributed by atoms with van der Waals surface area (Å²) in [6, 6.07) is 10.0. The lowest BCUT2D eigenvalue weighted by molar-refractivity contribution is -0.117. The summed E-state index contributed by atoms with van der Waals surface area (Å²) < 4.78 is 0. The molecule has 4 heteroatoms. The van der Waals surface area contributed by atoms with Crippen LogP contribution in [0.25, 0.3) is 11.3 Å². The number of aromatic nitrogens is 1. The molecule has 110 valence electrons. The van der Waals surface area contributed by atoms with Crippen LogP contribution in [0, 0.1) is 5.92 Å². The van der Waals surface area contributed by atoms with Crippen LogP contribution in [0.2, 0.25) is 0 Å². The van der Waals surface area contributed by atoms with E-state index in [0.29, 0.717) is 17.5 Å². The zero-order valence-electron chi connectivity index (χ0n) is 12.0. The predicted octanol–water partition coefficient (Wildman–Crippen LogP) is 4.72. The second-order valence-corrected chi connectivity index (χ2v) is 6.52. The number of nitrogens with zero attached hydrogens (tertiary/aromatic N) is 1. The molecular weight excluding hydrogens is 280 g/mol. The molecule has 1 saturated carbocycles. The molecule has 0 atom stereocenters. The molecule has 0 spiro atoms. The topological polar surface area (TPSA) is 42.0 Å². The number of anilines is 1. The quantitative estimate of drug-likeness (QED) is 0.887. The molecule has 2 aromatic rings. The summed E-state index contributed by atoms with van der Waals surface area (Å²) in [5, 5.41) is 5.64. The number of hydrogen-bond donors (Lipinski definition) is 1. The second-order valence-electron chi connectivity index (χ2n) is 5.66. The van der Waals surface area contributed by atoms with Crippen LogP contribution in [-0.2, 0) is 4.79 Å². The van der Waals surface area contributed by atoms with Gasteiger partial charge >= 0.3 is 0 Å².